The Balaban J connectivity index is 3.64. The molecule has 0 aromatic heterocycles. The molecule has 0 aliphatic rings. The van der Waals surface area contributed by atoms with Crippen LogP contribution in [0, 0.1) is 10.8 Å². The van der Waals surface area contributed by atoms with Gasteiger partial charge in [0.15, 0.2) is 0 Å². The normalized spacial score (nSPS) is 11.9. The zero-order chi connectivity index (χ0) is 18.8. The van der Waals surface area contributed by atoms with Gasteiger partial charge in [0.2, 0.25) is 0 Å². The minimum absolute atomic E-state index is 0.0201. The van der Waals surface area contributed by atoms with Gasteiger partial charge in [-0.15, -0.1) is 0 Å². The number of ketones is 2. The van der Waals surface area contributed by atoms with Gasteiger partial charge in [-0.1, -0.05) is 41.5 Å². The maximum atomic E-state index is 11.7. The number of carbonyl (C=O) groups is 3. The third-order valence-corrected chi connectivity index (χ3v) is 3.29. The molecule has 0 aliphatic carbocycles. The van der Waals surface area contributed by atoms with Crippen molar-refractivity contribution >= 4 is 17.6 Å². The van der Waals surface area contributed by atoms with E-state index >= 15 is 0 Å². The third kappa shape index (κ3) is 15.5. The number of hydrogen-bond donors (Lipinski definition) is 2. The van der Waals surface area contributed by atoms with E-state index in [2.05, 4.69) is 10.6 Å². The van der Waals surface area contributed by atoms with Crippen LogP contribution in [0.25, 0.3) is 0 Å². The number of rotatable bonds is 10. The fourth-order valence-corrected chi connectivity index (χ4v) is 2.40. The van der Waals surface area contributed by atoms with Crippen LogP contribution in [0.4, 0.5) is 4.79 Å². The average molecular weight is 341 g/mol. The maximum absolute atomic E-state index is 11.7. The van der Waals surface area contributed by atoms with Crippen LogP contribution in [0.5, 0.6) is 0 Å². The van der Waals surface area contributed by atoms with Gasteiger partial charge in [0.1, 0.15) is 11.6 Å². The molecule has 0 aromatic carbocycles. The Morgan fingerprint density at radius 2 is 1.00 bits per heavy atom. The van der Waals surface area contributed by atoms with Gasteiger partial charge in [-0.25, -0.2) is 4.79 Å². The van der Waals surface area contributed by atoms with Crippen LogP contribution in [0.3, 0.4) is 0 Å². The topological polar surface area (TPSA) is 75.3 Å². The molecule has 5 heteroatoms. The van der Waals surface area contributed by atoms with Crippen LogP contribution in [-0.2, 0) is 9.59 Å². The second-order valence-corrected chi connectivity index (χ2v) is 8.94. The fraction of sp³-hybridized carbons (Fsp3) is 0.842. The Kier molecular flexibility index (Phi) is 9.86. The average Bonchev–Trinajstić information content (AvgIpc) is 2.35. The predicted molar refractivity (Wildman–Crippen MR) is 98.0 cm³/mol. The van der Waals surface area contributed by atoms with Gasteiger partial charge in [0.25, 0.3) is 0 Å². The number of nitrogens with one attached hydrogen (secondary N) is 2. The first-order valence-electron chi connectivity index (χ1n) is 8.94. The van der Waals surface area contributed by atoms with Crippen LogP contribution in [0.2, 0.25) is 0 Å². The lowest BCUT2D eigenvalue weighted by Crippen LogP contribution is -2.36. The van der Waals surface area contributed by atoms with Crippen molar-refractivity contribution in [2.45, 2.75) is 80.1 Å². The van der Waals surface area contributed by atoms with Crippen molar-refractivity contribution < 1.29 is 14.4 Å². The maximum Gasteiger partial charge on any atom is 0.314 e. The monoisotopic (exact) mass is 340 g/mol. The summed E-state index contributed by atoms with van der Waals surface area (Å²) < 4.78 is 0. The van der Waals surface area contributed by atoms with E-state index < -0.39 is 0 Å². The van der Waals surface area contributed by atoms with Gasteiger partial charge >= 0.3 is 6.03 Å². The van der Waals surface area contributed by atoms with Gasteiger partial charge in [0.05, 0.1) is 0 Å². The molecular formula is C19H36N2O3. The molecule has 0 atom stereocenters. The highest BCUT2D eigenvalue weighted by Gasteiger charge is 2.16. The number of hydrogen-bond acceptors (Lipinski definition) is 3. The summed E-state index contributed by atoms with van der Waals surface area (Å²) in [6, 6.07) is -0.235. The molecule has 0 saturated heterocycles. The molecule has 0 unspecified atom stereocenters. The minimum atomic E-state index is -0.235. The van der Waals surface area contributed by atoms with Crippen LogP contribution < -0.4 is 10.6 Å². The molecule has 24 heavy (non-hydrogen) atoms. The van der Waals surface area contributed by atoms with Crippen molar-refractivity contribution in [1.29, 1.82) is 0 Å². The van der Waals surface area contributed by atoms with Gasteiger partial charge < -0.3 is 10.6 Å². The van der Waals surface area contributed by atoms with Gasteiger partial charge in [-0.2, -0.15) is 0 Å². The second-order valence-electron chi connectivity index (χ2n) is 8.94. The van der Waals surface area contributed by atoms with Crippen LogP contribution >= 0.6 is 0 Å². The van der Waals surface area contributed by atoms with E-state index in [0.717, 1.165) is 0 Å². The highest BCUT2D eigenvalue weighted by Crippen LogP contribution is 2.20. The smallest absolute Gasteiger partial charge is 0.314 e. The van der Waals surface area contributed by atoms with E-state index in [1.165, 1.54) is 0 Å². The van der Waals surface area contributed by atoms with Crippen molar-refractivity contribution in [3.8, 4) is 0 Å². The summed E-state index contributed by atoms with van der Waals surface area (Å²) in [7, 11) is 0. The number of amides is 2. The molecule has 0 saturated carbocycles. The molecule has 0 aliphatic heterocycles. The third-order valence-electron chi connectivity index (χ3n) is 3.29. The van der Waals surface area contributed by atoms with Crippen LogP contribution in [0.1, 0.15) is 80.1 Å². The summed E-state index contributed by atoms with van der Waals surface area (Å²) in [5.74, 6) is 0.476. The lowest BCUT2D eigenvalue weighted by molar-refractivity contribution is -0.121. The molecular weight excluding hydrogens is 304 g/mol. The van der Waals surface area contributed by atoms with Crippen molar-refractivity contribution in [2.75, 3.05) is 13.1 Å². The second kappa shape index (κ2) is 10.5. The van der Waals surface area contributed by atoms with E-state index in [-0.39, 0.29) is 28.4 Å². The molecule has 5 nitrogen and oxygen atoms in total. The number of Topliss-reactive ketones (excluding diaryl/α,β-unsaturated/α-hetero) is 2. The zero-order valence-corrected chi connectivity index (χ0v) is 16.4. The molecule has 0 radical (unpaired) electrons. The van der Waals surface area contributed by atoms with Crippen molar-refractivity contribution in [2.24, 2.45) is 10.8 Å². The molecule has 0 rings (SSSR count). The molecule has 0 aromatic rings. The minimum Gasteiger partial charge on any atom is -0.338 e. The lowest BCUT2D eigenvalue weighted by Gasteiger charge is -2.16. The molecule has 140 valence electrons. The van der Waals surface area contributed by atoms with Crippen LogP contribution in [-0.4, -0.2) is 30.7 Å². The highest BCUT2D eigenvalue weighted by molar-refractivity contribution is 5.79. The molecule has 0 spiro atoms. The molecule has 0 fully saturated rings. The summed E-state index contributed by atoms with van der Waals surface area (Å²) in [6.07, 6.45) is 3.46. The first-order valence-corrected chi connectivity index (χ1v) is 8.94. The van der Waals surface area contributed by atoms with E-state index in [1.54, 1.807) is 0 Å². The summed E-state index contributed by atoms with van der Waals surface area (Å²) in [5, 5.41) is 5.48. The van der Waals surface area contributed by atoms with E-state index in [4.69, 9.17) is 0 Å². The van der Waals surface area contributed by atoms with Crippen molar-refractivity contribution in [3.63, 3.8) is 0 Å². The Bertz CT molecular complexity index is 379. The van der Waals surface area contributed by atoms with Gasteiger partial charge in [0, 0.05) is 38.8 Å². The Labute approximate surface area is 147 Å². The van der Waals surface area contributed by atoms with Gasteiger partial charge in [-0.3, -0.25) is 9.59 Å². The molecule has 2 amide bonds. The first-order chi connectivity index (χ1) is 10.9. The lowest BCUT2D eigenvalue weighted by atomic mass is 9.89. The fourth-order valence-electron chi connectivity index (χ4n) is 2.40. The largest absolute Gasteiger partial charge is 0.338 e. The van der Waals surface area contributed by atoms with Crippen molar-refractivity contribution in [1.82, 2.24) is 10.6 Å². The van der Waals surface area contributed by atoms with E-state index in [9.17, 15) is 14.4 Å². The van der Waals surface area contributed by atoms with Crippen LogP contribution in [0.15, 0.2) is 0 Å². The Morgan fingerprint density at radius 1 is 0.667 bits per heavy atom. The molecule has 0 bridgehead atoms. The number of carbonyl (C=O) groups excluding carboxylic acids is 3. The SMILES string of the molecule is CC(C)(C)CC(=O)CCCNC(=O)NCCCC(=O)CC(C)(C)C. The van der Waals surface area contributed by atoms with Crippen molar-refractivity contribution in [3.05, 3.63) is 0 Å². The standard InChI is InChI=1S/C19H36N2O3/c1-18(2,3)13-15(22)9-7-11-20-17(24)21-12-8-10-16(23)14-19(4,5)6/h7-14H2,1-6H3,(H2,20,21,24). The van der Waals surface area contributed by atoms with Gasteiger partial charge in [-0.05, 0) is 23.7 Å². The summed E-state index contributed by atoms with van der Waals surface area (Å²) in [4.78, 5) is 35.0. The van der Waals surface area contributed by atoms with E-state index in [1.807, 2.05) is 41.5 Å². The molecule has 2 N–H and O–H groups in total. The number of urea groups is 1. The Morgan fingerprint density at radius 3 is 1.29 bits per heavy atom. The first kappa shape index (κ1) is 22.6. The zero-order valence-electron chi connectivity index (χ0n) is 16.4. The molecule has 0 heterocycles. The Hall–Kier alpha value is -1.39. The summed E-state index contributed by atoms with van der Waals surface area (Å²) in [6.45, 7) is 13.2. The summed E-state index contributed by atoms with van der Waals surface area (Å²) in [5.41, 5.74) is 0.0403. The van der Waals surface area contributed by atoms with E-state index in [0.29, 0.717) is 51.6 Å². The highest BCUT2D eigenvalue weighted by atomic mass is 16.2. The quantitative estimate of drug-likeness (QED) is 0.593. The predicted octanol–water partition coefficient (Wildman–Crippen LogP) is 3.86. The summed E-state index contributed by atoms with van der Waals surface area (Å²) >= 11 is 0.